The molecule has 0 spiro atoms. The van der Waals surface area contributed by atoms with Crippen LogP contribution in [-0.2, 0) is 10.2 Å². The van der Waals surface area contributed by atoms with Gasteiger partial charge < -0.3 is 14.5 Å². The van der Waals surface area contributed by atoms with Gasteiger partial charge in [0.15, 0.2) is 0 Å². The van der Waals surface area contributed by atoms with E-state index in [0.717, 1.165) is 16.3 Å². The first-order chi connectivity index (χ1) is 16.8. The smallest absolute Gasteiger partial charge is 0.410 e. The zero-order valence-electron chi connectivity index (χ0n) is 22.1. The lowest BCUT2D eigenvalue weighted by Crippen LogP contribution is -2.56. The molecule has 9 heteroatoms. The number of nitrogens with zero attached hydrogens (tertiary/aromatic N) is 5. The van der Waals surface area contributed by atoms with Gasteiger partial charge in [0.1, 0.15) is 16.3 Å². The largest absolute Gasteiger partial charge is 0.444 e. The third-order valence-corrected chi connectivity index (χ3v) is 6.98. The fourth-order valence-electron chi connectivity index (χ4n) is 4.09. The van der Waals surface area contributed by atoms with E-state index in [4.69, 9.17) is 4.74 Å². The van der Waals surface area contributed by atoms with Crippen molar-refractivity contribution >= 4 is 23.3 Å². The molecule has 1 fully saturated rings. The van der Waals surface area contributed by atoms with Gasteiger partial charge in [-0.25, -0.2) is 14.5 Å². The fraction of sp³-hybridized carbons (Fsp3) is 0.481. The van der Waals surface area contributed by atoms with Crippen LogP contribution in [-0.4, -0.2) is 67.8 Å². The molecular weight excluding hydrogens is 474 g/mol. The minimum atomic E-state index is -0.551. The van der Waals surface area contributed by atoms with Crippen LogP contribution < -0.4 is 0 Å². The number of piperazine rings is 1. The van der Waals surface area contributed by atoms with E-state index in [2.05, 4.69) is 55.1 Å². The van der Waals surface area contributed by atoms with E-state index in [9.17, 15) is 9.59 Å². The van der Waals surface area contributed by atoms with Gasteiger partial charge in [0.2, 0.25) is 0 Å². The van der Waals surface area contributed by atoms with E-state index in [0.29, 0.717) is 25.3 Å². The average Bonchev–Trinajstić information content (AvgIpc) is 3.47. The third-order valence-electron chi connectivity index (χ3n) is 6.09. The van der Waals surface area contributed by atoms with E-state index in [1.54, 1.807) is 21.4 Å². The number of rotatable bonds is 3. The molecule has 0 bridgehead atoms. The molecule has 1 atom stereocenters. The zero-order chi connectivity index (χ0) is 26.3. The molecule has 1 saturated heterocycles. The summed E-state index contributed by atoms with van der Waals surface area (Å²) in [6.07, 6.45) is 3.36. The first-order valence-corrected chi connectivity index (χ1v) is 13.1. The molecule has 1 aliphatic heterocycles. The molecule has 2 aromatic heterocycles. The average molecular weight is 510 g/mol. The van der Waals surface area contributed by atoms with Gasteiger partial charge in [0, 0.05) is 42.8 Å². The van der Waals surface area contributed by atoms with E-state index in [1.807, 2.05) is 38.6 Å². The molecule has 0 saturated carbocycles. The molecular formula is C27H35N5O3S. The summed E-state index contributed by atoms with van der Waals surface area (Å²) in [7, 11) is 0. The standard InChI is InChI=1S/C27H35N5O3S/c1-18-15-30(12-13-31(18)25(34)35-27(5,6)7)24(33)22-17-36-23(29-22)19-14-28-32(16-19)21-10-8-20(9-11-21)26(2,3)4/h8-11,14,16-18H,12-13,15H2,1-7H3/t18-/m0/s1. The fourth-order valence-corrected chi connectivity index (χ4v) is 4.86. The highest BCUT2D eigenvalue weighted by molar-refractivity contribution is 7.13. The summed E-state index contributed by atoms with van der Waals surface area (Å²) in [6, 6.07) is 8.23. The SMILES string of the molecule is C[C@H]1CN(C(=O)c2csc(-c3cnn(-c4ccc(C(C)(C)C)cc4)c3)n2)CCN1C(=O)OC(C)(C)C. The number of aromatic nitrogens is 3. The van der Waals surface area contributed by atoms with Crippen LogP contribution in [0.25, 0.3) is 16.3 Å². The highest BCUT2D eigenvalue weighted by Crippen LogP contribution is 2.27. The van der Waals surface area contributed by atoms with Crippen LogP contribution in [0.2, 0.25) is 0 Å². The van der Waals surface area contributed by atoms with Crippen LogP contribution >= 0.6 is 11.3 Å². The Kier molecular flexibility index (Phi) is 6.96. The van der Waals surface area contributed by atoms with Crippen LogP contribution in [0.5, 0.6) is 0 Å². The Balaban J connectivity index is 1.41. The van der Waals surface area contributed by atoms with Gasteiger partial charge in [0.25, 0.3) is 5.91 Å². The number of hydrogen-bond donors (Lipinski definition) is 0. The maximum atomic E-state index is 13.1. The molecule has 0 radical (unpaired) electrons. The summed E-state index contributed by atoms with van der Waals surface area (Å²) in [6.45, 7) is 15.4. The van der Waals surface area contributed by atoms with Crippen molar-refractivity contribution in [2.24, 2.45) is 0 Å². The Morgan fingerprint density at radius 3 is 2.36 bits per heavy atom. The van der Waals surface area contributed by atoms with Crippen molar-refractivity contribution in [2.45, 2.75) is 65.5 Å². The van der Waals surface area contributed by atoms with E-state index < -0.39 is 5.60 Å². The summed E-state index contributed by atoms with van der Waals surface area (Å²) in [5.41, 5.74) is 3.06. The van der Waals surface area contributed by atoms with Crippen molar-refractivity contribution in [1.29, 1.82) is 0 Å². The first-order valence-electron chi connectivity index (χ1n) is 12.2. The number of carbonyl (C=O) groups excluding carboxylic acids is 2. The number of carbonyl (C=O) groups is 2. The summed E-state index contributed by atoms with van der Waals surface area (Å²) >= 11 is 1.43. The van der Waals surface area contributed by atoms with Crippen LogP contribution in [0.3, 0.4) is 0 Å². The quantitative estimate of drug-likeness (QED) is 0.474. The van der Waals surface area contributed by atoms with E-state index >= 15 is 0 Å². The molecule has 192 valence electrons. The van der Waals surface area contributed by atoms with Crippen LogP contribution in [0.4, 0.5) is 4.79 Å². The van der Waals surface area contributed by atoms with Crippen molar-refractivity contribution < 1.29 is 14.3 Å². The summed E-state index contributed by atoms with van der Waals surface area (Å²) in [5, 5.41) is 7.03. The molecule has 4 rings (SSSR count). The normalized spacial score (nSPS) is 16.8. The van der Waals surface area contributed by atoms with E-state index in [-0.39, 0.29) is 23.5 Å². The molecule has 3 heterocycles. The molecule has 0 aliphatic carbocycles. The third kappa shape index (κ3) is 5.78. The van der Waals surface area contributed by atoms with Gasteiger partial charge in [-0.1, -0.05) is 32.9 Å². The Bertz CT molecular complexity index is 1230. The number of hydrogen-bond acceptors (Lipinski definition) is 6. The van der Waals surface area contributed by atoms with Crippen molar-refractivity contribution in [2.75, 3.05) is 19.6 Å². The van der Waals surface area contributed by atoms with Gasteiger partial charge in [-0.05, 0) is 50.8 Å². The molecule has 3 aromatic rings. The number of benzene rings is 1. The molecule has 0 N–H and O–H groups in total. The second kappa shape index (κ2) is 9.69. The van der Waals surface area contributed by atoms with Gasteiger partial charge in [-0.3, -0.25) is 4.79 Å². The zero-order valence-corrected chi connectivity index (χ0v) is 22.9. The number of ether oxygens (including phenoxy) is 1. The molecule has 0 unspecified atom stereocenters. The predicted molar refractivity (Wildman–Crippen MR) is 142 cm³/mol. The highest BCUT2D eigenvalue weighted by Gasteiger charge is 2.33. The lowest BCUT2D eigenvalue weighted by Gasteiger charge is -2.40. The van der Waals surface area contributed by atoms with Crippen LogP contribution in [0.15, 0.2) is 42.0 Å². The maximum absolute atomic E-state index is 13.1. The Morgan fingerprint density at radius 1 is 1.06 bits per heavy atom. The van der Waals surface area contributed by atoms with Gasteiger partial charge in [-0.15, -0.1) is 11.3 Å². The summed E-state index contributed by atoms with van der Waals surface area (Å²) in [4.78, 5) is 33.7. The molecule has 1 aromatic carbocycles. The van der Waals surface area contributed by atoms with Gasteiger partial charge >= 0.3 is 6.09 Å². The summed E-state index contributed by atoms with van der Waals surface area (Å²) < 4.78 is 7.32. The molecule has 1 aliphatic rings. The van der Waals surface area contributed by atoms with Crippen molar-refractivity contribution in [1.82, 2.24) is 24.6 Å². The minimum Gasteiger partial charge on any atom is -0.444 e. The van der Waals surface area contributed by atoms with Crippen LogP contribution in [0, 0.1) is 0 Å². The second-order valence-electron chi connectivity index (χ2n) is 11.3. The van der Waals surface area contributed by atoms with Gasteiger partial charge in [-0.2, -0.15) is 5.10 Å². The highest BCUT2D eigenvalue weighted by atomic mass is 32.1. The Morgan fingerprint density at radius 2 is 1.75 bits per heavy atom. The lowest BCUT2D eigenvalue weighted by molar-refractivity contribution is 0.00191. The predicted octanol–water partition coefficient (Wildman–Crippen LogP) is 5.37. The Labute approximate surface area is 216 Å². The Hall–Kier alpha value is -3.20. The topological polar surface area (TPSA) is 80.6 Å². The van der Waals surface area contributed by atoms with Gasteiger partial charge in [0.05, 0.1) is 11.9 Å². The van der Waals surface area contributed by atoms with Crippen LogP contribution in [0.1, 0.15) is 64.5 Å². The molecule has 8 nitrogen and oxygen atoms in total. The van der Waals surface area contributed by atoms with Crippen molar-refractivity contribution in [3.05, 3.63) is 53.3 Å². The molecule has 36 heavy (non-hydrogen) atoms. The van der Waals surface area contributed by atoms with Crippen molar-refractivity contribution in [3.63, 3.8) is 0 Å². The molecule has 2 amide bonds. The minimum absolute atomic E-state index is 0.0950. The van der Waals surface area contributed by atoms with E-state index in [1.165, 1.54) is 16.9 Å². The number of thiazole rings is 1. The lowest BCUT2D eigenvalue weighted by atomic mass is 9.87. The number of amides is 2. The maximum Gasteiger partial charge on any atom is 0.410 e. The van der Waals surface area contributed by atoms with Crippen molar-refractivity contribution in [3.8, 4) is 16.3 Å². The summed E-state index contributed by atoms with van der Waals surface area (Å²) in [5.74, 6) is -0.127. The monoisotopic (exact) mass is 509 g/mol. The first kappa shape index (κ1) is 25.9. The second-order valence-corrected chi connectivity index (χ2v) is 12.1.